The standard InChI is InChI=1S/C12H15ClO2S/c1-2-3-12(14)9-16(15)8-10-4-6-11(13)7-5-10/h4-7H,2-3,8-9H2,1H3. The van der Waals surface area contributed by atoms with Gasteiger partial charge >= 0.3 is 0 Å². The molecule has 0 spiro atoms. The quantitative estimate of drug-likeness (QED) is 0.786. The summed E-state index contributed by atoms with van der Waals surface area (Å²) in [6.07, 6.45) is 1.34. The molecule has 0 aromatic heterocycles. The molecular weight excluding hydrogens is 244 g/mol. The molecule has 0 N–H and O–H groups in total. The maximum absolute atomic E-state index is 11.6. The minimum Gasteiger partial charge on any atom is -0.299 e. The minimum absolute atomic E-state index is 0.0785. The van der Waals surface area contributed by atoms with Gasteiger partial charge in [0.1, 0.15) is 5.78 Å². The average molecular weight is 259 g/mol. The number of hydrogen-bond donors (Lipinski definition) is 0. The van der Waals surface area contributed by atoms with Crippen LogP contribution in [0, 0.1) is 0 Å². The zero-order valence-corrected chi connectivity index (χ0v) is 10.8. The third-order valence-electron chi connectivity index (χ3n) is 2.09. The van der Waals surface area contributed by atoms with Crippen molar-refractivity contribution in [3.63, 3.8) is 0 Å². The van der Waals surface area contributed by atoms with Crippen molar-refractivity contribution in [3.8, 4) is 0 Å². The van der Waals surface area contributed by atoms with Crippen molar-refractivity contribution in [1.82, 2.24) is 0 Å². The van der Waals surface area contributed by atoms with Crippen LogP contribution in [0.2, 0.25) is 5.02 Å². The van der Waals surface area contributed by atoms with Crippen LogP contribution < -0.4 is 0 Å². The second-order valence-corrected chi connectivity index (χ2v) is 5.54. The smallest absolute Gasteiger partial charge is 0.145 e. The molecule has 1 rings (SSSR count). The molecule has 88 valence electrons. The number of benzene rings is 1. The molecule has 0 aliphatic rings. The Hall–Kier alpha value is -0.670. The molecule has 0 saturated carbocycles. The molecule has 1 atom stereocenters. The van der Waals surface area contributed by atoms with Crippen LogP contribution in [0.1, 0.15) is 25.3 Å². The van der Waals surface area contributed by atoms with Crippen LogP contribution >= 0.6 is 11.6 Å². The highest BCUT2D eigenvalue weighted by Crippen LogP contribution is 2.11. The summed E-state index contributed by atoms with van der Waals surface area (Å²) in [6.45, 7) is 1.94. The van der Waals surface area contributed by atoms with Crippen LogP contribution in [0.25, 0.3) is 0 Å². The van der Waals surface area contributed by atoms with E-state index in [1.54, 1.807) is 12.1 Å². The number of ketones is 1. The number of rotatable bonds is 6. The molecular formula is C12H15ClO2S. The van der Waals surface area contributed by atoms with Crippen molar-refractivity contribution in [2.45, 2.75) is 25.5 Å². The molecule has 0 fully saturated rings. The van der Waals surface area contributed by atoms with E-state index in [0.29, 0.717) is 17.2 Å². The van der Waals surface area contributed by atoms with E-state index in [1.165, 1.54) is 0 Å². The summed E-state index contributed by atoms with van der Waals surface area (Å²) < 4.78 is 11.6. The van der Waals surface area contributed by atoms with Crippen LogP contribution in [0.3, 0.4) is 0 Å². The Labute approximate surface area is 103 Å². The second-order valence-electron chi connectivity index (χ2n) is 3.64. The lowest BCUT2D eigenvalue weighted by Gasteiger charge is -2.02. The topological polar surface area (TPSA) is 34.1 Å². The molecule has 2 nitrogen and oxygen atoms in total. The summed E-state index contributed by atoms with van der Waals surface area (Å²) in [5.41, 5.74) is 0.951. The zero-order chi connectivity index (χ0) is 12.0. The zero-order valence-electron chi connectivity index (χ0n) is 9.24. The van der Waals surface area contributed by atoms with Crippen LogP contribution in [0.15, 0.2) is 24.3 Å². The molecule has 1 unspecified atom stereocenters. The van der Waals surface area contributed by atoms with E-state index in [0.717, 1.165) is 12.0 Å². The predicted molar refractivity (Wildman–Crippen MR) is 68.1 cm³/mol. The Morgan fingerprint density at radius 2 is 1.94 bits per heavy atom. The fourth-order valence-electron chi connectivity index (χ4n) is 1.35. The highest BCUT2D eigenvalue weighted by atomic mass is 35.5. The van der Waals surface area contributed by atoms with Crippen LogP contribution in [-0.4, -0.2) is 15.7 Å². The van der Waals surface area contributed by atoms with Crippen molar-refractivity contribution >= 4 is 28.2 Å². The SMILES string of the molecule is CCCC(=O)CS(=O)Cc1ccc(Cl)cc1. The van der Waals surface area contributed by atoms with Gasteiger partial charge < -0.3 is 0 Å². The molecule has 0 aliphatic carbocycles. The minimum atomic E-state index is -1.10. The normalized spacial score (nSPS) is 12.4. The Kier molecular flexibility index (Phi) is 5.71. The van der Waals surface area contributed by atoms with E-state index in [-0.39, 0.29) is 11.5 Å². The lowest BCUT2D eigenvalue weighted by Crippen LogP contribution is -2.11. The number of carbonyl (C=O) groups is 1. The van der Waals surface area contributed by atoms with Gasteiger partial charge in [0.05, 0.1) is 5.75 Å². The molecule has 0 aliphatic heterocycles. The summed E-state index contributed by atoms with van der Waals surface area (Å²) in [6, 6.07) is 7.21. The maximum atomic E-state index is 11.6. The Morgan fingerprint density at radius 1 is 1.31 bits per heavy atom. The van der Waals surface area contributed by atoms with Gasteiger partial charge in [0.25, 0.3) is 0 Å². The highest BCUT2D eigenvalue weighted by Gasteiger charge is 2.07. The van der Waals surface area contributed by atoms with Crippen LogP contribution in [0.5, 0.6) is 0 Å². The fraction of sp³-hybridized carbons (Fsp3) is 0.417. The highest BCUT2D eigenvalue weighted by molar-refractivity contribution is 7.84. The van der Waals surface area contributed by atoms with E-state index in [1.807, 2.05) is 19.1 Å². The largest absolute Gasteiger partial charge is 0.299 e. The molecule has 4 heteroatoms. The van der Waals surface area contributed by atoms with Gasteiger partial charge in [-0.2, -0.15) is 0 Å². The average Bonchev–Trinajstić information content (AvgIpc) is 2.21. The van der Waals surface area contributed by atoms with Crippen molar-refractivity contribution in [2.75, 3.05) is 5.75 Å². The first-order chi connectivity index (χ1) is 7.61. The van der Waals surface area contributed by atoms with E-state index >= 15 is 0 Å². The van der Waals surface area contributed by atoms with E-state index in [4.69, 9.17) is 11.6 Å². The summed E-state index contributed by atoms with van der Waals surface area (Å²) in [4.78, 5) is 11.3. The van der Waals surface area contributed by atoms with E-state index in [2.05, 4.69) is 0 Å². The predicted octanol–water partition coefficient (Wildman–Crippen LogP) is 2.96. The lowest BCUT2D eigenvalue weighted by atomic mass is 10.2. The molecule has 0 saturated heterocycles. The third kappa shape index (κ3) is 4.90. The molecule has 0 heterocycles. The van der Waals surface area contributed by atoms with E-state index in [9.17, 15) is 9.00 Å². The number of hydrogen-bond acceptors (Lipinski definition) is 2. The lowest BCUT2D eigenvalue weighted by molar-refractivity contribution is -0.116. The molecule has 0 bridgehead atoms. The maximum Gasteiger partial charge on any atom is 0.145 e. The second kappa shape index (κ2) is 6.81. The number of carbonyl (C=O) groups excluding carboxylic acids is 1. The third-order valence-corrected chi connectivity index (χ3v) is 3.64. The van der Waals surface area contributed by atoms with Gasteiger partial charge in [-0.3, -0.25) is 9.00 Å². The fourth-order valence-corrected chi connectivity index (χ4v) is 2.64. The monoisotopic (exact) mass is 258 g/mol. The molecule has 16 heavy (non-hydrogen) atoms. The molecule has 0 radical (unpaired) electrons. The first-order valence-electron chi connectivity index (χ1n) is 5.23. The van der Waals surface area contributed by atoms with Crippen molar-refractivity contribution in [3.05, 3.63) is 34.9 Å². The summed E-state index contributed by atoms with van der Waals surface area (Å²) in [7, 11) is -1.10. The summed E-state index contributed by atoms with van der Waals surface area (Å²) in [5.74, 6) is 0.665. The van der Waals surface area contributed by atoms with Gasteiger partial charge in [0, 0.05) is 28.0 Å². The summed E-state index contributed by atoms with van der Waals surface area (Å²) >= 11 is 5.74. The number of halogens is 1. The summed E-state index contributed by atoms with van der Waals surface area (Å²) in [5, 5.41) is 0.664. The first kappa shape index (κ1) is 13.4. The van der Waals surface area contributed by atoms with Gasteiger partial charge in [-0.25, -0.2) is 0 Å². The van der Waals surface area contributed by atoms with Gasteiger partial charge in [0.15, 0.2) is 0 Å². The Morgan fingerprint density at radius 3 is 2.50 bits per heavy atom. The van der Waals surface area contributed by atoms with Crippen LogP contribution in [-0.2, 0) is 21.3 Å². The molecule has 1 aromatic carbocycles. The van der Waals surface area contributed by atoms with Crippen LogP contribution in [0.4, 0.5) is 0 Å². The van der Waals surface area contributed by atoms with Gasteiger partial charge in [-0.05, 0) is 24.1 Å². The first-order valence-corrected chi connectivity index (χ1v) is 7.09. The van der Waals surface area contributed by atoms with Crippen molar-refractivity contribution in [1.29, 1.82) is 0 Å². The molecule has 0 amide bonds. The van der Waals surface area contributed by atoms with Crippen molar-refractivity contribution in [2.24, 2.45) is 0 Å². The van der Waals surface area contributed by atoms with Gasteiger partial charge in [-0.15, -0.1) is 0 Å². The Balaban J connectivity index is 2.45. The van der Waals surface area contributed by atoms with Gasteiger partial charge in [-0.1, -0.05) is 30.7 Å². The van der Waals surface area contributed by atoms with Gasteiger partial charge in [0.2, 0.25) is 0 Å². The Bertz CT molecular complexity index is 373. The molecule has 1 aromatic rings. The van der Waals surface area contributed by atoms with E-state index < -0.39 is 10.8 Å². The number of Topliss-reactive ketones (excluding diaryl/α,β-unsaturated/α-hetero) is 1. The van der Waals surface area contributed by atoms with Crippen molar-refractivity contribution < 1.29 is 9.00 Å².